The van der Waals surface area contributed by atoms with Crippen LogP contribution in [0.2, 0.25) is 0 Å². The lowest BCUT2D eigenvalue weighted by Gasteiger charge is -2.33. The van der Waals surface area contributed by atoms with E-state index in [-0.39, 0.29) is 42.9 Å². The standard InChI is InChI=1S/C22H23F5N6O2/c1-13-16(10-29-32(13)7-6-22(25,26)27)20(35)31-19(15-2-4-21(23,24)5-3-15)17-11-33-18(30-17)8-14(12-34)9-28-33/h8-12,15,19H,2-7H2,1H3,(H,31,35). The molecule has 1 saturated carbocycles. The van der Waals surface area contributed by atoms with Crippen molar-refractivity contribution in [1.82, 2.24) is 29.7 Å². The second-order valence-electron chi connectivity index (χ2n) is 8.75. The van der Waals surface area contributed by atoms with Crippen LogP contribution in [0.25, 0.3) is 5.65 Å². The number of alkyl halides is 5. The minimum atomic E-state index is -4.37. The molecule has 35 heavy (non-hydrogen) atoms. The van der Waals surface area contributed by atoms with E-state index in [2.05, 4.69) is 20.5 Å². The van der Waals surface area contributed by atoms with Gasteiger partial charge < -0.3 is 5.32 Å². The number of fused-ring (bicyclic) bond motifs is 1. The highest BCUT2D eigenvalue weighted by atomic mass is 19.4. The second-order valence-corrected chi connectivity index (χ2v) is 8.75. The second kappa shape index (κ2) is 9.34. The van der Waals surface area contributed by atoms with Crippen molar-refractivity contribution >= 4 is 17.8 Å². The number of aromatic nitrogens is 5. The van der Waals surface area contributed by atoms with Gasteiger partial charge in [0.15, 0.2) is 11.9 Å². The summed E-state index contributed by atoms with van der Waals surface area (Å²) >= 11 is 0. The molecule has 0 aliphatic heterocycles. The lowest BCUT2D eigenvalue weighted by atomic mass is 9.81. The first kappa shape index (κ1) is 24.7. The average molecular weight is 498 g/mol. The highest BCUT2D eigenvalue weighted by Gasteiger charge is 2.39. The van der Waals surface area contributed by atoms with Crippen LogP contribution in [0.1, 0.15) is 70.2 Å². The van der Waals surface area contributed by atoms with Gasteiger partial charge in [0, 0.05) is 30.6 Å². The summed E-state index contributed by atoms with van der Waals surface area (Å²) in [5.74, 6) is -3.73. The first-order valence-electron chi connectivity index (χ1n) is 11.0. The number of halogens is 5. The van der Waals surface area contributed by atoms with Crippen LogP contribution >= 0.6 is 0 Å². The molecule has 188 valence electrons. The van der Waals surface area contributed by atoms with Crippen molar-refractivity contribution in [3.05, 3.63) is 47.2 Å². The Hall–Kier alpha value is -3.38. The third kappa shape index (κ3) is 5.65. The zero-order chi connectivity index (χ0) is 25.4. The molecule has 1 aliphatic carbocycles. The van der Waals surface area contributed by atoms with E-state index in [9.17, 15) is 31.5 Å². The molecule has 0 spiro atoms. The summed E-state index contributed by atoms with van der Waals surface area (Å²) < 4.78 is 67.9. The summed E-state index contributed by atoms with van der Waals surface area (Å²) in [6, 6.07) is 0.754. The van der Waals surface area contributed by atoms with Gasteiger partial charge in [-0.1, -0.05) is 0 Å². The number of amides is 1. The van der Waals surface area contributed by atoms with Crippen LogP contribution in [-0.4, -0.2) is 48.7 Å². The fourth-order valence-corrected chi connectivity index (χ4v) is 4.30. The molecule has 13 heteroatoms. The summed E-state index contributed by atoms with van der Waals surface area (Å²) in [7, 11) is 0. The summed E-state index contributed by atoms with van der Waals surface area (Å²) in [5, 5.41) is 10.8. The molecule has 1 atom stereocenters. The molecular weight excluding hydrogens is 475 g/mol. The van der Waals surface area contributed by atoms with Gasteiger partial charge in [-0.05, 0) is 31.7 Å². The minimum absolute atomic E-state index is 0.0865. The molecule has 0 radical (unpaired) electrons. The van der Waals surface area contributed by atoms with Crippen LogP contribution in [0.4, 0.5) is 22.0 Å². The Morgan fingerprint density at radius 2 is 1.97 bits per heavy atom. The van der Waals surface area contributed by atoms with Gasteiger partial charge in [-0.3, -0.25) is 14.3 Å². The van der Waals surface area contributed by atoms with Gasteiger partial charge >= 0.3 is 6.18 Å². The van der Waals surface area contributed by atoms with Gasteiger partial charge in [0.05, 0.1) is 42.3 Å². The number of aldehydes is 1. The van der Waals surface area contributed by atoms with Crippen LogP contribution in [0.5, 0.6) is 0 Å². The maximum atomic E-state index is 13.8. The van der Waals surface area contributed by atoms with Crippen molar-refractivity contribution in [2.75, 3.05) is 0 Å². The number of imidazole rings is 1. The molecule has 1 fully saturated rings. The van der Waals surface area contributed by atoms with E-state index in [1.807, 2.05) is 0 Å². The number of rotatable bonds is 7. The lowest BCUT2D eigenvalue weighted by Crippen LogP contribution is -2.37. The van der Waals surface area contributed by atoms with Crippen LogP contribution in [0.15, 0.2) is 24.7 Å². The minimum Gasteiger partial charge on any atom is -0.343 e. The molecule has 1 aliphatic rings. The highest BCUT2D eigenvalue weighted by molar-refractivity contribution is 5.95. The van der Waals surface area contributed by atoms with Crippen molar-refractivity contribution in [3.8, 4) is 0 Å². The smallest absolute Gasteiger partial charge is 0.343 e. The number of nitrogens with one attached hydrogen (secondary N) is 1. The largest absolute Gasteiger partial charge is 0.390 e. The molecule has 3 aromatic heterocycles. The lowest BCUT2D eigenvalue weighted by molar-refractivity contribution is -0.137. The molecule has 3 heterocycles. The van der Waals surface area contributed by atoms with E-state index in [1.165, 1.54) is 29.9 Å². The third-order valence-corrected chi connectivity index (χ3v) is 6.29. The van der Waals surface area contributed by atoms with E-state index in [4.69, 9.17) is 0 Å². The zero-order valence-electron chi connectivity index (χ0n) is 18.7. The predicted octanol–water partition coefficient (Wildman–Crippen LogP) is 4.30. The van der Waals surface area contributed by atoms with Crippen LogP contribution in [-0.2, 0) is 6.54 Å². The van der Waals surface area contributed by atoms with Gasteiger partial charge in [-0.25, -0.2) is 18.3 Å². The van der Waals surface area contributed by atoms with E-state index < -0.39 is 37.0 Å². The maximum Gasteiger partial charge on any atom is 0.390 e. The molecule has 1 amide bonds. The van der Waals surface area contributed by atoms with Crippen LogP contribution < -0.4 is 5.32 Å². The first-order chi connectivity index (χ1) is 16.5. The number of carbonyl (C=O) groups is 2. The van der Waals surface area contributed by atoms with E-state index in [0.717, 1.165) is 4.68 Å². The Balaban J connectivity index is 1.60. The van der Waals surface area contributed by atoms with Gasteiger partial charge in [-0.15, -0.1) is 0 Å². The molecule has 3 aromatic rings. The molecule has 0 saturated heterocycles. The Bertz CT molecular complexity index is 1220. The quantitative estimate of drug-likeness (QED) is 0.387. The van der Waals surface area contributed by atoms with Gasteiger partial charge in [0.1, 0.15) is 0 Å². The maximum absolute atomic E-state index is 13.8. The normalized spacial score (nSPS) is 17.4. The third-order valence-electron chi connectivity index (χ3n) is 6.29. The van der Waals surface area contributed by atoms with Crippen LogP contribution in [0, 0.1) is 12.8 Å². The Morgan fingerprint density at radius 1 is 1.26 bits per heavy atom. The van der Waals surface area contributed by atoms with Crippen molar-refractivity contribution in [3.63, 3.8) is 0 Å². The van der Waals surface area contributed by atoms with E-state index in [0.29, 0.717) is 23.2 Å². The van der Waals surface area contributed by atoms with Gasteiger partial charge in [-0.2, -0.15) is 23.4 Å². The van der Waals surface area contributed by atoms with Crippen molar-refractivity contribution in [1.29, 1.82) is 0 Å². The molecule has 0 bridgehead atoms. The summed E-state index contributed by atoms with van der Waals surface area (Å²) in [6.07, 6.45) is -1.13. The summed E-state index contributed by atoms with van der Waals surface area (Å²) in [4.78, 5) is 28.6. The average Bonchev–Trinajstić information content (AvgIpc) is 3.38. The fraction of sp³-hybridized carbons (Fsp3) is 0.500. The zero-order valence-corrected chi connectivity index (χ0v) is 18.7. The Labute approximate surface area is 196 Å². The molecule has 1 unspecified atom stereocenters. The molecule has 8 nitrogen and oxygen atoms in total. The van der Waals surface area contributed by atoms with E-state index >= 15 is 0 Å². The molecule has 4 rings (SSSR count). The number of aryl methyl sites for hydroxylation is 1. The summed E-state index contributed by atoms with van der Waals surface area (Å²) in [5.41, 5.74) is 1.37. The first-order valence-corrected chi connectivity index (χ1v) is 11.0. The van der Waals surface area contributed by atoms with E-state index in [1.54, 1.807) is 6.20 Å². The Morgan fingerprint density at radius 3 is 2.63 bits per heavy atom. The predicted molar refractivity (Wildman–Crippen MR) is 113 cm³/mol. The van der Waals surface area contributed by atoms with Gasteiger partial charge in [0.2, 0.25) is 5.92 Å². The Kier molecular flexibility index (Phi) is 6.60. The van der Waals surface area contributed by atoms with Gasteiger partial charge in [0.25, 0.3) is 5.91 Å². The number of hydrogen-bond donors (Lipinski definition) is 1. The topological polar surface area (TPSA) is 94.2 Å². The fourth-order valence-electron chi connectivity index (χ4n) is 4.30. The number of carbonyl (C=O) groups excluding carboxylic acids is 2. The van der Waals surface area contributed by atoms with Crippen LogP contribution in [0.3, 0.4) is 0 Å². The SMILES string of the molecule is Cc1c(C(=O)NC(c2cn3ncc(C=O)cc3n2)C2CCC(F)(F)CC2)cnn1CCC(F)(F)F. The molecular formula is C22H23F5N6O2. The summed E-state index contributed by atoms with van der Waals surface area (Å²) in [6.45, 7) is 1.06. The highest BCUT2D eigenvalue weighted by Crippen LogP contribution is 2.41. The molecule has 0 aromatic carbocycles. The van der Waals surface area contributed by atoms with Crippen molar-refractivity contribution in [2.24, 2.45) is 5.92 Å². The number of nitrogens with zero attached hydrogens (tertiary/aromatic N) is 5. The van der Waals surface area contributed by atoms with Crippen molar-refractivity contribution in [2.45, 2.75) is 63.7 Å². The molecule has 1 N–H and O–H groups in total. The monoisotopic (exact) mass is 498 g/mol. The van der Waals surface area contributed by atoms with Crippen molar-refractivity contribution < 1.29 is 31.5 Å². The number of hydrogen-bond acceptors (Lipinski definition) is 5.